The lowest BCUT2D eigenvalue weighted by atomic mass is 9.90. The summed E-state index contributed by atoms with van der Waals surface area (Å²) in [6, 6.07) is 0. The van der Waals surface area contributed by atoms with Crippen molar-refractivity contribution in [3.63, 3.8) is 0 Å². The van der Waals surface area contributed by atoms with Gasteiger partial charge in [-0.1, -0.05) is 12.8 Å². The van der Waals surface area contributed by atoms with Crippen LogP contribution in [0.15, 0.2) is 0 Å². The molecular formula is C13H24O3. The van der Waals surface area contributed by atoms with Gasteiger partial charge in [0, 0.05) is 13.2 Å². The lowest BCUT2D eigenvalue weighted by Crippen LogP contribution is -2.25. The van der Waals surface area contributed by atoms with Crippen molar-refractivity contribution in [2.75, 3.05) is 19.8 Å². The fourth-order valence-electron chi connectivity index (χ4n) is 2.37. The molecule has 0 radical (unpaired) electrons. The Hall–Kier alpha value is -0.120. The number of fused-ring (bicyclic) bond motifs is 1. The van der Waals surface area contributed by atoms with E-state index in [9.17, 15) is 0 Å². The third kappa shape index (κ3) is 2.96. The highest BCUT2D eigenvalue weighted by molar-refractivity contribution is 5.04. The largest absolute Gasteiger partial charge is 0.379 e. The molecule has 1 saturated carbocycles. The van der Waals surface area contributed by atoms with E-state index in [0.717, 1.165) is 19.8 Å². The molecule has 3 rings (SSSR count). The molecule has 2 saturated heterocycles. The van der Waals surface area contributed by atoms with Crippen LogP contribution in [-0.2, 0) is 14.2 Å². The molecule has 2 heterocycles. The van der Waals surface area contributed by atoms with Crippen molar-refractivity contribution >= 4 is 0 Å². The Morgan fingerprint density at radius 1 is 1.31 bits per heavy atom. The number of epoxide rings is 1. The Morgan fingerprint density at radius 3 is 2.56 bits per heavy atom. The van der Waals surface area contributed by atoms with Crippen molar-refractivity contribution in [3.05, 3.63) is 0 Å². The Labute approximate surface area is 98.4 Å². The Morgan fingerprint density at radius 2 is 2.06 bits per heavy atom. The maximum atomic E-state index is 5.64. The highest BCUT2D eigenvalue weighted by atomic mass is 16.6. The maximum absolute atomic E-state index is 5.64. The normalized spacial score (nSPS) is 40.1. The van der Waals surface area contributed by atoms with Gasteiger partial charge in [-0.3, -0.25) is 0 Å². The Balaban J connectivity index is 0.000000162. The van der Waals surface area contributed by atoms with Crippen LogP contribution in [0.1, 0.15) is 46.0 Å². The molecular weight excluding hydrogens is 204 g/mol. The number of hydrogen-bond donors (Lipinski definition) is 0. The van der Waals surface area contributed by atoms with Gasteiger partial charge in [0.1, 0.15) is 5.60 Å². The van der Waals surface area contributed by atoms with E-state index in [1.807, 2.05) is 6.92 Å². The van der Waals surface area contributed by atoms with Crippen molar-refractivity contribution in [2.45, 2.75) is 63.8 Å². The van der Waals surface area contributed by atoms with E-state index in [1.54, 1.807) is 0 Å². The van der Waals surface area contributed by atoms with Crippen LogP contribution < -0.4 is 0 Å². The zero-order chi connectivity index (χ0) is 11.4. The van der Waals surface area contributed by atoms with Crippen LogP contribution in [0.4, 0.5) is 0 Å². The first kappa shape index (κ1) is 12.3. The van der Waals surface area contributed by atoms with Crippen molar-refractivity contribution in [3.8, 4) is 0 Å². The summed E-state index contributed by atoms with van der Waals surface area (Å²) in [5.41, 5.74) is 0.175. The lowest BCUT2D eigenvalue weighted by molar-refractivity contribution is -0.0375. The summed E-state index contributed by atoms with van der Waals surface area (Å²) in [5.74, 6) is 0. The van der Waals surface area contributed by atoms with Gasteiger partial charge in [0.15, 0.2) is 0 Å². The molecule has 0 amide bonds. The lowest BCUT2D eigenvalue weighted by Gasteiger charge is -2.20. The molecule has 0 aromatic heterocycles. The summed E-state index contributed by atoms with van der Waals surface area (Å²) >= 11 is 0. The predicted molar refractivity (Wildman–Crippen MR) is 62.6 cm³/mol. The number of hydrogen-bond acceptors (Lipinski definition) is 3. The smallest absolute Gasteiger partial charge is 0.118 e. The van der Waals surface area contributed by atoms with E-state index >= 15 is 0 Å². The molecule has 3 atom stereocenters. The SMILES string of the molecule is CC1CCO1.CCOCC12CCCCC1O2. The van der Waals surface area contributed by atoms with Crippen LogP contribution in [0.3, 0.4) is 0 Å². The molecule has 1 aliphatic carbocycles. The molecule has 0 aromatic rings. The summed E-state index contributed by atoms with van der Waals surface area (Å²) in [7, 11) is 0. The van der Waals surface area contributed by atoms with Gasteiger partial charge in [-0.15, -0.1) is 0 Å². The quantitative estimate of drug-likeness (QED) is 0.695. The molecule has 0 N–H and O–H groups in total. The highest BCUT2D eigenvalue weighted by Crippen LogP contribution is 2.47. The van der Waals surface area contributed by atoms with Crippen LogP contribution in [-0.4, -0.2) is 37.6 Å². The average Bonchev–Trinajstić information content (AvgIpc) is 2.99. The van der Waals surface area contributed by atoms with Crippen molar-refractivity contribution in [1.29, 1.82) is 0 Å². The average molecular weight is 228 g/mol. The second-order valence-corrected chi connectivity index (χ2v) is 5.02. The molecule has 3 unspecified atom stereocenters. The second-order valence-electron chi connectivity index (χ2n) is 5.02. The minimum Gasteiger partial charge on any atom is -0.379 e. The zero-order valence-electron chi connectivity index (χ0n) is 10.5. The monoisotopic (exact) mass is 228 g/mol. The molecule has 0 spiro atoms. The van der Waals surface area contributed by atoms with Gasteiger partial charge in [0.2, 0.25) is 0 Å². The highest BCUT2D eigenvalue weighted by Gasteiger charge is 2.57. The summed E-state index contributed by atoms with van der Waals surface area (Å²) in [5, 5.41) is 0. The van der Waals surface area contributed by atoms with E-state index in [2.05, 4.69) is 6.92 Å². The van der Waals surface area contributed by atoms with Gasteiger partial charge < -0.3 is 14.2 Å². The predicted octanol–water partition coefficient (Wildman–Crippen LogP) is 2.53. The summed E-state index contributed by atoms with van der Waals surface area (Å²) < 4.78 is 16.0. The standard InChI is InChI=1S/C9H16O2.C4H8O/c1-2-10-7-9-6-4-3-5-8(9)11-9;1-4-2-3-5-4/h8H,2-7H2,1H3;4H,2-3H2,1H3. The van der Waals surface area contributed by atoms with Gasteiger partial charge in [0.25, 0.3) is 0 Å². The molecule has 3 aliphatic rings. The van der Waals surface area contributed by atoms with Crippen LogP contribution in [0.5, 0.6) is 0 Å². The Kier molecular flexibility index (Phi) is 4.22. The van der Waals surface area contributed by atoms with Crippen LogP contribution in [0.25, 0.3) is 0 Å². The van der Waals surface area contributed by atoms with E-state index in [0.29, 0.717) is 12.2 Å². The fraction of sp³-hybridized carbons (Fsp3) is 1.00. The minimum absolute atomic E-state index is 0.175. The first-order valence-electron chi connectivity index (χ1n) is 6.64. The van der Waals surface area contributed by atoms with Gasteiger partial charge in [-0.05, 0) is 33.1 Å². The third-order valence-electron chi connectivity index (χ3n) is 3.70. The molecule has 16 heavy (non-hydrogen) atoms. The summed E-state index contributed by atoms with van der Waals surface area (Å²) in [6.07, 6.45) is 7.52. The van der Waals surface area contributed by atoms with E-state index in [-0.39, 0.29) is 5.60 Å². The fourth-order valence-corrected chi connectivity index (χ4v) is 2.37. The van der Waals surface area contributed by atoms with Gasteiger partial charge in [-0.25, -0.2) is 0 Å². The van der Waals surface area contributed by atoms with Crippen LogP contribution in [0, 0.1) is 0 Å². The van der Waals surface area contributed by atoms with E-state index in [1.165, 1.54) is 32.1 Å². The molecule has 94 valence electrons. The van der Waals surface area contributed by atoms with Crippen molar-refractivity contribution < 1.29 is 14.2 Å². The molecule has 0 aromatic carbocycles. The maximum Gasteiger partial charge on any atom is 0.118 e. The van der Waals surface area contributed by atoms with Gasteiger partial charge in [0.05, 0.1) is 18.8 Å². The molecule has 3 nitrogen and oxygen atoms in total. The molecule has 0 bridgehead atoms. The van der Waals surface area contributed by atoms with E-state index < -0.39 is 0 Å². The molecule has 2 aliphatic heterocycles. The topological polar surface area (TPSA) is 31.0 Å². The van der Waals surface area contributed by atoms with Gasteiger partial charge in [-0.2, -0.15) is 0 Å². The number of ether oxygens (including phenoxy) is 3. The van der Waals surface area contributed by atoms with Crippen LogP contribution >= 0.6 is 0 Å². The first-order valence-corrected chi connectivity index (χ1v) is 6.64. The molecule has 3 heteroatoms. The third-order valence-corrected chi connectivity index (χ3v) is 3.70. The van der Waals surface area contributed by atoms with E-state index in [4.69, 9.17) is 14.2 Å². The van der Waals surface area contributed by atoms with Crippen molar-refractivity contribution in [1.82, 2.24) is 0 Å². The van der Waals surface area contributed by atoms with Gasteiger partial charge >= 0.3 is 0 Å². The van der Waals surface area contributed by atoms with Crippen LogP contribution in [0.2, 0.25) is 0 Å². The zero-order valence-corrected chi connectivity index (χ0v) is 10.5. The summed E-state index contributed by atoms with van der Waals surface area (Å²) in [6.45, 7) is 6.76. The van der Waals surface area contributed by atoms with Crippen molar-refractivity contribution in [2.24, 2.45) is 0 Å². The second kappa shape index (κ2) is 5.48. The number of rotatable bonds is 3. The first-order chi connectivity index (χ1) is 7.77. The minimum atomic E-state index is 0.175. The molecule has 3 fully saturated rings. The Bertz CT molecular complexity index is 215. The summed E-state index contributed by atoms with van der Waals surface area (Å²) in [4.78, 5) is 0.